The standard InChI is InChI=1S/C20H23FN4O5.C10H16Br2O4.C10H16N2O3.C8H16N2O.C2H8N2.CH5NO/c1-22-10-30-19-16-13(18(27)14(20(28)29)8-25(16)22)6-15(21)17(19)23-4-5-24-11(7-23)2-3-12(24)9-26;1-3-15-9(13)7(11)5-6-8(12)10(14)16-4-2;1-2-15-10(14)8-4-3-7-9(13)11-5-6-12(7)8;11-6-8-2-1-7-5-9-3-4-10(7)8;3-1-2-4;1-2-3/h6,8,11-12,26H,2-5,7,9-10H2,1H3,(H,28,29);7-8H,3-6H2,1-2H3;7-8H,2-6H2,1H3,(H,11,13);7-9,11H,1-6H2;1-4H2;2-3H,1H3/t;7-,8+;;;;/i/hT. The lowest BCUT2D eigenvalue weighted by atomic mass is 10.1. The molecule has 79 heavy (non-hydrogen) atoms. The zero-order chi connectivity index (χ0) is 59.2. The zero-order valence-corrected chi connectivity index (χ0v) is 49.2. The summed E-state index contributed by atoms with van der Waals surface area (Å²) in [6, 6.07) is 2.35. The number of hydroxylamine groups is 1. The van der Waals surface area contributed by atoms with Crippen molar-refractivity contribution in [3.8, 4) is 5.75 Å². The van der Waals surface area contributed by atoms with E-state index in [-0.39, 0.29) is 87.6 Å². The number of carboxylic acid groups (broad SMARTS) is 1. The van der Waals surface area contributed by atoms with Crippen LogP contribution in [0.1, 0.15) is 82.5 Å². The lowest BCUT2D eigenvalue weighted by Gasteiger charge is -2.42. The number of nitrogens with one attached hydrogen (secondary N) is 3. The van der Waals surface area contributed by atoms with E-state index < -0.39 is 22.8 Å². The van der Waals surface area contributed by atoms with Crippen molar-refractivity contribution in [3.63, 3.8) is 0 Å². The quantitative estimate of drug-likeness (QED) is 0.0530. The third-order valence-corrected chi connectivity index (χ3v) is 16.0. The molecule has 6 saturated heterocycles. The van der Waals surface area contributed by atoms with Crippen LogP contribution in [0.5, 0.6) is 5.75 Å². The topological polar surface area (TPSA) is 330 Å². The third kappa shape index (κ3) is 18.1. The minimum absolute atomic E-state index is 0.0162. The van der Waals surface area contributed by atoms with Gasteiger partial charge in [-0.2, -0.15) is 0 Å². The van der Waals surface area contributed by atoms with Crippen LogP contribution in [0.25, 0.3) is 10.9 Å². The average Bonchev–Trinajstić information content (AvgIpc) is 4.30. The number of halogens is 3. The molecule has 1 aromatic heterocycles. The maximum absolute atomic E-state index is 15.3. The van der Waals surface area contributed by atoms with E-state index in [1.807, 2.05) is 9.80 Å². The average molecular weight is 1260 g/mol. The molecular formula is C51H84Br2FN11O14. The van der Waals surface area contributed by atoms with Crippen LogP contribution in [-0.2, 0) is 33.4 Å². The molecule has 0 aliphatic carbocycles. The van der Waals surface area contributed by atoms with Gasteiger partial charge in [0.2, 0.25) is 11.3 Å². The fourth-order valence-corrected chi connectivity index (χ4v) is 11.5. The molecule has 8 atom stereocenters. The van der Waals surface area contributed by atoms with Crippen molar-refractivity contribution in [1.29, 1.82) is 0 Å². The second-order valence-electron chi connectivity index (χ2n) is 19.3. The molecule has 7 aliphatic rings. The van der Waals surface area contributed by atoms with Crippen LogP contribution in [0, 0.1) is 5.82 Å². The van der Waals surface area contributed by atoms with Gasteiger partial charge in [-0.25, -0.2) is 14.7 Å². The van der Waals surface area contributed by atoms with Crippen molar-refractivity contribution in [2.75, 3.05) is 129 Å². The number of alkyl halides is 2. The number of esters is 3. The predicted molar refractivity (Wildman–Crippen MR) is 301 cm³/mol. The Morgan fingerprint density at radius 1 is 0.861 bits per heavy atom. The summed E-state index contributed by atoms with van der Waals surface area (Å²) in [5.74, 6) is -2.42. The molecule has 1 aromatic carbocycles. The molecule has 0 spiro atoms. The number of aromatic nitrogens is 1. The van der Waals surface area contributed by atoms with E-state index >= 15 is 4.39 Å². The summed E-state index contributed by atoms with van der Waals surface area (Å²) in [7, 11) is 2.92. The van der Waals surface area contributed by atoms with Crippen molar-refractivity contribution in [1.82, 2.24) is 35.5 Å². The number of aliphatic hydroxyl groups excluding tert-OH is 2. The van der Waals surface area contributed by atoms with Crippen LogP contribution in [0.3, 0.4) is 0 Å². The molecule has 0 saturated carbocycles. The molecule has 0 bridgehead atoms. The number of amides is 1. The maximum Gasteiger partial charge on any atom is 0.341 e. The van der Waals surface area contributed by atoms with Gasteiger partial charge in [0, 0.05) is 110 Å². The van der Waals surface area contributed by atoms with Crippen LogP contribution in [0.2, 0.25) is 1.41 Å². The molecule has 9 rings (SSSR count). The van der Waals surface area contributed by atoms with Crippen LogP contribution < -0.4 is 47.6 Å². The molecule has 7 aliphatic heterocycles. The monoisotopic (exact) mass is 1250 g/mol. The smallest absolute Gasteiger partial charge is 0.341 e. The molecule has 8 heterocycles. The third-order valence-electron chi connectivity index (χ3n) is 14.4. The lowest BCUT2D eigenvalue weighted by molar-refractivity contribution is -0.150. The number of nitrogens with zero attached hydrogens (tertiary/aromatic N) is 6. The van der Waals surface area contributed by atoms with Crippen molar-refractivity contribution >= 4 is 78.2 Å². The van der Waals surface area contributed by atoms with Crippen LogP contribution in [0.15, 0.2) is 17.1 Å². The Morgan fingerprint density at radius 3 is 1.99 bits per heavy atom. The zero-order valence-electron chi connectivity index (χ0n) is 47.0. The first-order chi connectivity index (χ1) is 38.2. The highest BCUT2D eigenvalue weighted by Gasteiger charge is 2.44. The number of piperazine rings is 3. The van der Waals surface area contributed by atoms with E-state index in [2.05, 4.69) is 52.3 Å². The van der Waals surface area contributed by atoms with Crippen LogP contribution in [-0.4, -0.2) is 235 Å². The van der Waals surface area contributed by atoms with Gasteiger partial charge in [-0.3, -0.25) is 48.4 Å². The SMILES string of the molecule is CCOC(=O)C1CCC2C(=O)NCCN21.CCOC(=O)[C@H](Br)CC[C@H](Br)C(=O)OCC.CN1COc2c(N3CCN4C(CO)CCC4C3)c(F)cc3c(=O)c(C(=O)O)cn1c23.NCCN.OCC1CCC2CNCCN12.[3H]N(C)O. The second-order valence-corrected chi connectivity index (χ2v) is 21.5. The van der Waals surface area contributed by atoms with Crippen LogP contribution in [0.4, 0.5) is 10.1 Å². The van der Waals surface area contributed by atoms with Gasteiger partial charge in [-0.1, -0.05) is 31.9 Å². The predicted octanol–water partition coefficient (Wildman–Crippen LogP) is 0.248. The van der Waals surface area contributed by atoms with Gasteiger partial charge < -0.3 is 66.5 Å². The summed E-state index contributed by atoms with van der Waals surface area (Å²) >= 11 is 6.43. The largest absolute Gasteiger partial charge is 0.477 e. The summed E-state index contributed by atoms with van der Waals surface area (Å²) in [4.78, 5) is 77.7. The molecule has 25 nitrogen and oxygen atoms in total. The van der Waals surface area contributed by atoms with Gasteiger partial charge >= 0.3 is 23.9 Å². The van der Waals surface area contributed by atoms with Crippen molar-refractivity contribution in [3.05, 3.63) is 33.9 Å². The molecule has 6 fully saturated rings. The number of ether oxygens (including phenoxy) is 4. The molecule has 0 radical (unpaired) electrons. The van der Waals surface area contributed by atoms with Crippen molar-refractivity contribution in [2.45, 2.75) is 118 Å². The summed E-state index contributed by atoms with van der Waals surface area (Å²) < 4.78 is 43.4. The molecular weight excluding hydrogens is 1170 g/mol. The first-order valence-corrected chi connectivity index (χ1v) is 28.9. The van der Waals surface area contributed by atoms with E-state index in [0.717, 1.165) is 57.9 Å². The second kappa shape index (κ2) is 34.2. The molecule has 6 unspecified atom stereocenters. The summed E-state index contributed by atoms with van der Waals surface area (Å²) in [5.41, 5.74) is 9.59. The highest BCUT2D eigenvalue weighted by molar-refractivity contribution is 9.10. The molecule has 1 amide bonds. The van der Waals surface area contributed by atoms with Gasteiger partial charge in [0.1, 0.15) is 32.5 Å². The number of anilines is 1. The first-order valence-electron chi connectivity index (χ1n) is 27.5. The minimum atomic E-state index is -1.35. The summed E-state index contributed by atoms with van der Waals surface area (Å²) in [6.45, 7) is 14.8. The molecule has 11 N–H and O–H groups in total. The van der Waals surface area contributed by atoms with Gasteiger partial charge in [-0.15, -0.1) is 0 Å². The number of hydrogen-bond acceptors (Lipinski definition) is 22. The Morgan fingerprint density at radius 2 is 1.43 bits per heavy atom. The number of pyridine rings is 1. The summed E-state index contributed by atoms with van der Waals surface area (Å²) in [5, 5.41) is 43.4. The number of carboxylic acids is 1. The Kier molecular flexibility index (Phi) is 28.3. The van der Waals surface area contributed by atoms with Crippen molar-refractivity contribution in [2.24, 2.45) is 11.5 Å². The van der Waals surface area contributed by atoms with Crippen LogP contribution >= 0.6 is 31.9 Å². The van der Waals surface area contributed by atoms with E-state index in [1.54, 1.807) is 37.5 Å². The van der Waals surface area contributed by atoms with Crippen molar-refractivity contribution < 1.29 is 69.2 Å². The Balaban J connectivity index is 0.000000235. The van der Waals surface area contributed by atoms with E-state index in [4.69, 9.17) is 42.1 Å². The number of hydrogen-bond donors (Lipinski definition) is 9. The number of benzene rings is 1. The Labute approximate surface area is 479 Å². The minimum Gasteiger partial charge on any atom is -0.477 e. The number of fused-ring (bicyclic) bond motifs is 3. The molecule has 448 valence electrons. The lowest BCUT2D eigenvalue weighted by Crippen LogP contribution is -2.55. The molecule has 2 aromatic rings. The van der Waals surface area contributed by atoms with E-state index in [9.17, 15) is 39.0 Å². The normalized spacial score (nSPS) is 23.9. The highest BCUT2D eigenvalue weighted by Crippen LogP contribution is 2.42. The first kappa shape index (κ1) is 65.5. The van der Waals surface area contributed by atoms with E-state index in [1.165, 1.54) is 26.1 Å². The van der Waals surface area contributed by atoms with Gasteiger partial charge in [0.15, 0.2) is 19.7 Å². The fraction of sp³-hybridized carbons (Fsp3) is 0.725. The van der Waals surface area contributed by atoms with Gasteiger partial charge in [-0.05, 0) is 78.2 Å². The number of carbonyl (C=O) groups is 5. The summed E-state index contributed by atoms with van der Waals surface area (Å²) in [6.07, 6.45) is 8.10. The number of carbonyl (C=O) groups excluding carboxylic acids is 4. The van der Waals surface area contributed by atoms with Gasteiger partial charge in [0.05, 0.1) is 44.5 Å². The fourth-order valence-electron chi connectivity index (χ4n) is 10.7. The number of aliphatic hydroxyl groups is 2. The number of rotatable bonds is 14. The van der Waals surface area contributed by atoms with E-state index in [0.29, 0.717) is 102 Å². The number of nitrogens with two attached hydrogens (primary N) is 2. The number of aromatic carboxylic acids is 1. The Hall–Kier alpha value is -4.33. The van der Waals surface area contributed by atoms with Gasteiger partial charge in [0.25, 0.3) is 0 Å². The molecule has 28 heteroatoms. The highest BCUT2D eigenvalue weighted by atomic mass is 79.9. The maximum atomic E-state index is 15.3. The Bertz CT molecular complexity index is 2350.